The van der Waals surface area contributed by atoms with Crippen molar-refractivity contribution in [1.29, 1.82) is 0 Å². The minimum Gasteiger partial charge on any atom is -0.303 e. The minimum absolute atomic E-state index is 0.486. The number of hydrogen-bond acceptors (Lipinski definition) is 1. The summed E-state index contributed by atoms with van der Waals surface area (Å²) in [5, 5.41) is 1.12. The fourth-order valence-corrected chi connectivity index (χ4v) is 2.13. The van der Waals surface area contributed by atoms with Crippen LogP contribution in [-0.2, 0) is 0 Å². The van der Waals surface area contributed by atoms with E-state index in [2.05, 4.69) is 34.7 Å². The van der Waals surface area contributed by atoms with E-state index < -0.39 is 0 Å². The summed E-state index contributed by atoms with van der Waals surface area (Å²) in [5.41, 5.74) is 0.486. The van der Waals surface area contributed by atoms with Gasteiger partial charge in [0.1, 0.15) is 0 Å². The topological polar surface area (TPSA) is 3.24 Å². The molecule has 2 heteroatoms. The Kier molecular flexibility index (Phi) is 4.74. The van der Waals surface area contributed by atoms with Gasteiger partial charge in [-0.05, 0) is 50.7 Å². The van der Waals surface area contributed by atoms with Gasteiger partial charge in [-0.25, -0.2) is 0 Å². The lowest BCUT2D eigenvalue weighted by molar-refractivity contribution is 0.293. The molecule has 1 aliphatic rings. The summed E-state index contributed by atoms with van der Waals surface area (Å²) in [5.74, 6) is 0. The SMILES string of the molecule is CC(C)(CBr)CCCN1CCCC1. The lowest BCUT2D eigenvalue weighted by Gasteiger charge is -2.23. The predicted molar refractivity (Wildman–Crippen MR) is 62.5 cm³/mol. The molecule has 0 amide bonds. The first-order chi connectivity index (χ1) is 6.14. The average molecular weight is 248 g/mol. The lowest BCUT2D eigenvalue weighted by atomic mass is 9.90. The van der Waals surface area contributed by atoms with Gasteiger partial charge in [0.2, 0.25) is 0 Å². The van der Waals surface area contributed by atoms with Crippen LogP contribution >= 0.6 is 15.9 Å². The van der Waals surface area contributed by atoms with E-state index in [1.807, 2.05) is 0 Å². The molecule has 1 saturated heterocycles. The quantitative estimate of drug-likeness (QED) is 0.675. The van der Waals surface area contributed by atoms with E-state index in [-0.39, 0.29) is 0 Å². The Morgan fingerprint density at radius 1 is 1.23 bits per heavy atom. The van der Waals surface area contributed by atoms with Crippen LogP contribution in [-0.4, -0.2) is 29.9 Å². The number of hydrogen-bond donors (Lipinski definition) is 0. The predicted octanol–water partition coefficient (Wildman–Crippen LogP) is 3.28. The second kappa shape index (κ2) is 5.35. The van der Waals surface area contributed by atoms with Crippen LogP contribution in [0.4, 0.5) is 0 Å². The van der Waals surface area contributed by atoms with Crippen molar-refractivity contribution in [1.82, 2.24) is 4.90 Å². The van der Waals surface area contributed by atoms with E-state index in [1.165, 1.54) is 45.3 Å². The van der Waals surface area contributed by atoms with Crippen LogP contribution in [0, 0.1) is 5.41 Å². The van der Waals surface area contributed by atoms with Gasteiger partial charge in [-0.1, -0.05) is 29.8 Å². The molecule has 0 aliphatic carbocycles. The fourth-order valence-electron chi connectivity index (χ4n) is 1.85. The fraction of sp³-hybridized carbons (Fsp3) is 1.00. The van der Waals surface area contributed by atoms with Gasteiger partial charge in [0.25, 0.3) is 0 Å². The van der Waals surface area contributed by atoms with Crippen LogP contribution in [0.25, 0.3) is 0 Å². The molecule has 0 N–H and O–H groups in total. The minimum atomic E-state index is 0.486. The molecule has 0 aromatic carbocycles. The van der Waals surface area contributed by atoms with Gasteiger partial charge in [-0.15, -0.1) is 0 Å². The van der Waals surface area contributed by atoms with Crippen LogP contribution in [0.2, 0.25) is 0 Å². The molecular formula is C11H22BrN. The zero-order valence-corrected chi connectivity index (χ0v) is 10.6. The third-order valence-electron chi connectivity index (χ3n) is 2.89. The number of nitrogens with zero attached hydrogens (tertiary/aromatic N) is 1. The molecule has 0 unspecified atom stereocenters. The highest BCUT2D eigenvalue weighted by molar-refractivity contribution is 9.09. The van der Waals surface area contributed by atoms with Crippen LogP contribution in [0.5, 0.6) is 0 Å². The molecule has 1 nitrogen and oxygen atoms in total. The van der Waals surface area contributed by atoms with Crippen molar-refractivity contribution in [3.8, 4) is 0 Å². The van der Waals surface area contributed by atoms with E-state index in [4.69, 9.17) is 0 Å². The molecule has 0 saturated carbocycles. The first-order valence-corrected chi connectivity index (χ1v) is 6.54. The maximum Gasteiger partial charge on any atom is 0.00826 e. The van der Waals surface area contributed by atoms with Crippen LogP contribution in [0.15, 0.2) is 0 Å². The average Bonchev–Trinajstić information content (AvgIpc) is 2.57. The molecule has 0 aromatic rings. The van der Waals surface area contributed by atoms with E-state index in [9.17, 15) is 0 Å². The van der Waals surface area contributed by atoms with Gasteiger partial charge in [0.05, 0.1) is 0 Å². The van der Waals surface area contributed by atoms with Crippen LogP contribution < -0.4 is 0 Å². The van der Waals surface area contributed by atoms with Crippen molar-refractivity contribution in [2.45, 2.75) is 39.5 Å². The maximum atomic E-state index is 3.57. The Balaban J connectivity index is 2.06. The summed E-state index contributed by atoms with van der Waals surface area (Å²) in [6, 6.07) is 0. The number of rotatable bonds is 5. The molecule has 0 bridgehead atoms. The van der Waals surface area contributed by atoms with Crippen molar-refractivity contribution >= 4 is 15.9 Å². The summed E-state index contributed by atoms with van der Waals surface area (Å²) >= 11 is 3.57. The highest BCUT2D eigenvalue weighted by atomic mass is 79.9. The highest BCUT2D eigenvalue weighted by Gasteiger charge is 2.17. The molecule has 78 valence electrons. The Morgan fingerprint density at radius 3 is 2.38 bits per heavy atom. The monoisotopic (exact) mass is 247 g/mol. The third kappa shape index (κ3) is 4.46. The zero-order chi connectivity index (χ0) is 9.73. The summed E-state index contributed by atoms with van der Waals surface area (Å²) in [7, 11) is 0. The van der Waals surface area contributed by atoms with Gasteiger partial charge >= 0.3 is 0 Å². The van der Waals surface area contributed by atoms with E-state index in [0.717, 1.165) is 5.33 Å². The molecule has 1 rings (SSSR count). The molecule has 0 aromatic heterocycles. The lowest BCUT2D eigenvalue weighted by Crippen LogP contribution is -2.22. The molecular weight excluding hydrogens is 226 g/mol. The Hall–Kier alpha value is 0.440. The second-order valence-corrected chi connectivity index (χ2v) is 5.51. The normalized spacial score (nSPS) is 19.6. The van der Waals surface area contributed by atoms with Crippen LogP contribution in [0.1, 0.15) is 39.5 Å². The van der Waals surface area contributed by atoms with Gasteiger partial charge in [0, 0.05) is 5.33 Å². The zero-order valence-electron chi connectivity index (χ0n) is 8.98. The molecule has 0 radical (unpaired) electrons. The Labute approximate surface area is 91.0 Å². The van der Waals surface area contributed by atoms with Gasteiger partial charge in [-0.3, -0.25) is 0 Å². The Bertz CT molecular complexity index is 139. The summed E-state index contributed by atoms with van der Waals surface area (Å²) in [4.78, 5) is 2.60. The molecule has 1 fully saturated rings. The van der Waals surface area contributed by atoms with Crippen LogP contribution in [0.3, 0.4) is 0 Å². The Morgan fingerprint density at radius 2 is 1.85 bits per heavy atom. The maximum absolute atomic E-state index is 3.57. The summed E-state index contributed by atoms with van der Waals surface area (Å²) in [6.45, 7) is 8.68. The standard InChI is InChI=1S/C11H22BrN/c1-11(2,10-12)6-5-9-13-7-3-4-8-13/h3-10H2,1-2H3. The highest BCUT2D eigenvalue weighted by Crippen LogP contribution is 2.24. The molecule has 0 spiro atoms. The number of halogens is 1. The summed E-state index contributed by atoms with van der Waals surface area (Å²) in [6.07, 6.45) is 5.54. The van der Waals surface area contributed by atoms with E-state index in [1.54, 1.807) is 0 Å². The first-order valence-electron chi connectivity index (χ1n) is 5.42. The smallest absolute Gasteiger partial charge is 0.00826 e. The second-order valence-electron chi connectivity index (χ2n) is 4.95. The molecule has 13 heavy (non-hydrogen) atoms. The molecule has 1 heterocycles. The number of alkyl halides is 1. The third-order valence-corrected chi connectivity index (χ3v) is 4.41. The number of likely N-dealkylation sites (tertiary alicyclic amines) is 1. The van der Waals surface area contributed by atoms with Crippen molar-refractivity contribution in [3.63, 3.8) is 0 Å². The van der Waals surface area contributed by atoms with E-state index >= 15 is 0 Å². The van der Waals surface area contributed by atoms with Gasteiger partial charge in [-0.2, -0.15) is 0 Å². The van der Waals surface area contributed by atoms with Crippen molar-refractivity contribution in [2.75, 3.05) is 25.0 Å². The largest absolute Gasteiger partial charge is 0.303 e. The van der Waals surface area contributed by atoms with Gasteiger partial charge < -0.3 is 4.90 Å². The van der Waals surface area contributed by atoms with Gasteiger partial charge in [0.15, 0.2) is 0 Å². The van der Waals surface area contributed by atoms with Crippen molar-refractivity contribution in [3.05, 3.63) is 0 Å². The first kappa shape index (κ1) is 11.5. The molecule has 1 aliphatic heterocycles. The molecule has 0 atom stereocenters. The van der Waals surface area contributed by atoms with Crippen molar-refractivity contribution < 1.29 is 0 Å². The summed E-state index contributed by atoms with van der Waals surface area (Å²) < 4.78 is 0. The van der Waals surface area contributed by atoms with E-state index in [0.29, 0.717) is 5.41 Å². The van der Waals surface area contributed by atoms with Crippen molar-refractivity contribution in [2.24, 2.45) is 5.41 Å².